The Labute approximate surface area is 179 Å². The van der Waals surface area contributed by atoms with Crippen LogP contribution < -0.4 is 4.74 Å². The Morgan fingerprint density at radius 1 is 0.867 bits per heavy atom. The Hall–Kier alpha value is -3.05. The molecule has 2 heterocycles. The van der Waals surface area contributed by atoms with E-state index in [2.05, 4.69) is 71.8 Å². The first-order valence-electron chi connectivity index (χ1n) is 10.1. The van der Waals surface area contributed by atoms with Crippen molar-refractivity contribution in [2.75, 3.05) is 12.4 Å². The van der Waals surface area contributed by atoms with Gasteiger partial charge in [-0.1, -0.05) is 59.8 Å². The van der Waals surface area contributed by atoms with E-state index in [0.717, 1.165) is 27.7 Å². The van der Waals surface area contributed by atoms with E-state index in [1.807, 2.05) is 24.3 Å². The monoisotopic (exact) mass is 413 g/mol. The quantitative estimate of drug-likeness (QED) is 0.257. The van der Waals surface area contributed by atoms with Crippen molar-refractivity contribution in [2.45, 2.75) is 25.9 Å². The van der Waals surface area contributed by atoms with Gasteiger partial charge < -0.3 is 4.74 Å². The minimum atomic E-state index is 0.607. The van der Waals surface area contributed by atoms with E-state index in [-0.39, 0.29) is 0 Å². The zero-order valence-electron chi connectivity index (χ0n) is 17.3. The van der Waals surface area contributed by atoms with Crippen LogP contribution in [0.3, 0.4) is 0 Å². The SMILES string of the molecule is Cc1cc(C)c2c(c1)c(C)cc1nnc(SCCOc3cccc4ccccc34)n12. The molecule has 150 valence electrons. The number of hydrogen-bond acceptors (Lipinski definition) is 4. The fourth-order valence-corrected chi connectivity index (χ4v) is 4.88. The molecule has 0 bridgehead atoms. The molecular weight excluding hydrogens is 390 g/mol. The molecule has 0 radical (unpaired) electrons. The molecule has 0 amide bonds. The number of fused-ring (bicyclic) bond motifs is 4. The number of nitrogens with zero attached hydrogens (tertiary/aromatic N) is 3. The van der Waals surface area contributed by atoms with Crippen LogP contribution in [0.4, 0.5) is 0 Å². The summed E-state index contributed by atoms with van der Waals surface area (Å²) in [6.07, 6.45) is 0. The number of thioether (sulfide) groups is 1. The predicted octanol–water partition coefficient (Wildman–Crippen LogP) is 6.13. The summed E-state index contributed by atoms with van der Waals surface area (Å²) in [5, 5.41) is 13.4. The van der Waals surface area contributed by atoms with E-state index in [9.17, 15) is 0 Å². The van der Waals surface area contributed by atoms with Crippen molar-refractivity contribution in [1.82, 2.24) is 14.6 Å². The highest BCUT2D eigenvalue weighted by Crippen LogP contribution is 2.29. The summed E-state index contributed by atoms with van der Waals surface area (Å²) in [6, 6.07) is 21.1. The molecule has 0 N–H and O–H groups in total. The first-order valence-corrected chi connectivity index (χ1v) is 11.1. The molecule has 0 atom stereocenters. The smallest absolute Gasteiger partial charge is 0.196 e. The molecule has 0 unspecified atom stereocenters. The fourth-order valence-electron chi connectivity index (χ4n) is 4.11. The Kier molecular flexibility index (Phi) is 4.83. The number of ether oxygens (including phenoxy) is 1. The van der Waals surface area contributed by atoms with Gasteiger partial charge >= 0.3 is 0 Å². The average Bonchev–Trinajstić information content (AvgIpc) is 3.13. The van der Waals surface area contributed by atoms with E-state index < -0.39 is 0 Å². The van der Waals surface area contributed by atoms with Crippen LogP contribution in [0.5, 0.6) is 5.75 Å². The van der Waals surface area contributed by atoms with Gasteiger partial charge in [0.15, 0.2) is 10.8 Å². The summed E-state index contributed by atoms with van der Waals surface area (Å²) in [5.74, 6) is 1.72. The van der Waals surface area contributed by atoms with E-state index >= 15 is 0 Å². The van der Waals surface area contributed by atoms with Crippen LogP contribution in [0.2, 0.25) is 0 Å². The molecule has 4 nitrogen and oxygen atoms in total. The van der Waals surface area contributed by atoms with Gasteiger partial charge in [0.05, 0.1) is 12.1 Å². The first kappa shape index (κ1) is 18.9. The number of pyridine rings is 1. The molecular formula is C25H23N3OS. The summed E-state index contributed by atoms with van der Waals surface area (Å²) in [6.45, 7) is 7.05. The standard InChI is InChI=1S/C25H23N3OS/c1-16-13-18(3)24-21(14-16)17(2)15-23-26-27-25(28(23)24)30-12-11-29-22-10-6-8-19-7-4-5-9-20(19)22/h4-10,13-15H,11-12H2,1-3H3. The van der Waals surface area contributed by atoms with Crippen LogP contribution >= 0.6 is 11.8 Å². The molecule has 0 aliphatic carbocycles. The second-order valence-corrected chi connectivity index (χ2v) is 8.72. The van der Waals surface area contributed by atoms with Gasteiger partial charge in [0.25, 0.3) is 0 Å². The van der Waals surface area contributed by atoms with Gasteiger partial charge in [-0.15, -0.1) is 10.2 Å². The first-order chi connectivity index (χ1) is 14.6. The third kappa shape index (κ3) is 3.29. The molecule has 0 aliphatic heterocycles. The lowest BCUT2D eigenvalue weighted by Crippen LogP contribution is -2.02. The number of aryl methyl sites for hydroxylation is 3. The number of benzene rings is 3. The molecule has 2 aromatic heterocycles. The molecule has 0 fully saturated rings. The van der Waals surface area contributed by atoms with Gasteiger partial charge in [0.2, 0.25) is 0 Å². The van der Waals surface area contributed by atoms with Crippen LogP contribution in [-0.4, -0.2) is 27.0 Å². The molecule has 0 saturated carbocycles. The Bertz CT molecular complexity index is 1380. The highest BCUT2D eigenvalue weighted by Gasteiger charge is 2.14. The number of rotatable bonds is 5. The van der Waals surface area contributed by atoms with E-state index in [4.69, 9.17) is 4.74 Å². The summed E-state index contributed by atoms with van der Waals surface area (Å²) in [5.41, 5.74) is 5.83. The number of hydrogen-bond donors (Lipinski definition) is 0. The maximum Gasteiger partial charge on any atom is 0.196 e. The van der Waals surface area contributed by atoms with E-state index in [1.54, 1.807) is 11.8 Å². The average molecular weight is 414 g/mol. The highest BCUT2D eigenvalue weighted by molar-refractivity contribution is 7.99. The van der Waals surface area contributed by atoms with Gasteiger partial charge in [-0.3, -0.25) is 4.40 Å². The zero-order valence-corrected chi connectivity index (χ0v) is 18.2. The second kappa shape index (κ2) is 7.65. The van der Waals surface area contributed by atoms with Crippen molar-refractivity contribution in [3.63, 3.8) is 0 Å². The van der Waals surface area contributed by atoms with Crippen molar-refractivity contribution < 1.29 is 4.74 Å². The van der Waals surface area contributed by atoms with Crippen LogP contribution in [0.25, 0.3) is 27.3 Å². The maximum atomic E-state index is 6.10. The Morgan fingerprint density at radius 3 is 2.60 bits per heavy atom. The molecule has 0 spiro atoms. The second-order valence-electron chi connectivity index (χ2n) is 7.66. The van der Waals surface area contributed by atoms with Crippen molar-refractivity contribution in [3.05, 3.63) is 77.4 Å². The van der Waals surface area contributed by atoms with Crippen molar-refractivity contribution in [2.24, 2.45) is 0 Å². The molecule has 5 heteroatoms. The topological polar surface area (TPSA) is 39.4 Å². The molecule has 0 aliphatic rings. The third-order valence-corrected chi connectivity index (χ3v) is 6.31. The van der Waals surface area contributed by atoms with Gasteiger partial charge in [-0.25, -0.2) is 0 Å². The molecule has 3 aromatic carbocycles. The minimum absolute atomic E-state index is 0.607. The van der Waals surface area contributed by atoms with Gasteiger partial charge in [-0.05, 0) is 55.5 Å². The fraction of sp³-hybridized carbons (Fsp3) is 0.200. The summed E-state index contributed by atoms with van der Waals surface area (Å²) < 4.78 is 8.28. The molecule has 30 heavy (non-hydrogen) atoms. The van der Waals surface area contributed by atoms with Crippen molar-refractivity contribution in [3.8, 4) is 5.75 Å². The Balaban J connectivity index is 1.40. The summed E-state index contributed by atoms with van der Waals surface area (Å²) >= 11 is 1.68. The van der Waals surface area contributed by atoms with E-state index in [0.29, 0.717) is 6.61 Å². The summed E-state index contributed by atoms with van der Waals surface area (Å²) in [4.78, 5) is 0. The lowest BCUT2D eigenvalue weighted by molar-refractivity contribution is 0.348. The normalized spacial score (nSPS) is 11.6. The Morgan fingerprint density at radius 2 is 1.70 bits per heavy atom. The minimum Gasteiger partial charge on any atom is -0.492 e. The van der Waals surface area contributed by atoms with Crippen LogP contribution in [0.1, 0.15) is 16.7 Å². The molecule has 5 rings (SSSR count). The van der Waals surface area contributed by atoms with Gasteiger partial charge in [-0.2, -0.15) is 0 Å². The third-order valence-electron chi connectivity index (χ3n) is 5.42. The predicted molar refractivity (Wildman–Crippen MR) is 125 cm³/mol. The molecule has 0 saturated heterocycles. The molecule has 5 aromatic rings. The van der Waals surface area contributed by atoms with Crippen LogP contribution in [-0.2, 0) is 0 Å². The number of aromatic nitrogens is 3. The summed E-state index contributed by atoms with van der Waals surface area (Å²) in [7, 11) is 0. The maximum absolute atomic E-state index is 6.10. The van der Waals surface area contributed by atoms with Gasteiger partial charge in [0, 0.05) is 16.5 Å². The van der Waals surface area contributed by atoms with Crippen LogP contribution in [0, 0.1) is 20.8 Å². The largest absolute Gasteiger partial charge is 0.492 e. The highest BCUT2D eigenvalue weighted by atomic mass is 32.2. The zero-order chi connectivity index (χ0) is 20.7. The van der Waals surface area contributed by atoms with Gasteiger partial charge in [0.1, 0.15) is 5.75 Å². The lowest BCUT2D eigenvalue weighted by Gasteiger charge is -2.12. The van der Waals surface area contributed by atoms with Crippen LogP contribution in [0.15, 0.2) is 65.8 Å². The lowest BCUT2D eigenvalue weighted by atomic mass is 10.0. The van der Waals surface area contributed by atoms with Crippen molar-refractivity contribution >= 4 is 39.1 Å². The van der Waals surface area contributed by atoms with E-state index in [1.165, 1.54) is 33.0 Å². The van der Waals surface area contributed by atoms with Crippen molar-refractivity contribution in [1.29, 1.82) is 0 Å².